The maximum atomic E-state index is 6.02. The maximum absolute atomic E-state index is 6.02. The van der Waals surface area contributed by atoms with Crippen LogP contribution in [0, 0.1) is 0 Å². The van der Waals surface area contributed by atoms with Gasteiger partial charge in [-0.25, -0.2) is 4.68 Å². The first kappa shape index (κ1) is 14.7. The first-order chi connectivity index (χ1) is 9.41. The van der Waals surface area contributed by atoms with E-state index in [2.05, 4.69) is 15.5 Å². The van der Waals surface area contributed by atoms with Gasteiger partial charge in [0.2, 0.25) is 0 Å². The second-order valence-corrected chi connectivity index (χ2v) is 5.56. The third kappa shape index (κ3) is 3.46. The average molecular weight is 296 g/mol. The van der Waals surface area contributed by atoms with Crippen LogP contribution in [0.2, 0.25) is 5.02 Å². The number of ether oxygens (including phenoxy) is 1. The van der Waals surface area contributed by atoms with Crippen molar-refractivity contribution in [1.29, 1.82) is 0 Å². The number of aromatic nitrogens is 4. The predicted molar refractivity (Wildman–Crippen MR) is 78.4 cm³/mol. The second kappa shape index (κ2) is 5.76. The molecule has 0 amide bonds. The van der Waals surface area contributed by atoms with E-state index in [1.54, 1.807) is 22.9 Å². The van der Waals surface area contributed by atoms with Crippen molar-refractivity contribution in [3.05, 3.63) is 23.2 Å². The lowest BCUT2D eigenvalue weighted by atomic mass is 10.1. The van der Waals surface area contributed by atoms with Gasteiger partial charge in [-0.2, -0.15) is 0 Å². The molecule has 0 unspecified atom stereocenters. The maximum Gasteiger partial charge on any atom is 0.182 e. The first-order valence-electron chi connectivity index (χ1n) is 6.38. The number of rotatable bonds is 5. The van der Waals surface area contributed by atoms with Crippen molar-refractivity contribution in [2.45, 2.75) is 32.9 Å². The highest BCUT2D eigenvalue weighted by Gasteiger charge is 2.22. The van der Waals surface area contributed by atoms with Crippen molar-refractivity contribution >= 4 is 17.3 Å². The highest BCUT2D eigenvalue weighted by Crippen LogP contribution is 2.25. The summed E-state index contributed by atoms with van der Waals surface area (Å²) in [7, 11) is 0. The predicted octanol–water partition coefficient (Wildman–Crippen LogP) is 2.39. The molecule has 1 aromatic carbocycles. The Hall–Kier alpha value is -1.66. The Bertz CT molecular complexity index is 576. The zero-order valence-corrected chi connectivity index (χ0v) is 12.6. The lowest BCUT2D eigenvalue weighted by Crippen LogP contribution is -2.31. The van der Waals surface area contributed by atoms with Gasteiger partial charge in [0, 0.05) is 22.9 Å². The van der Waals surface area contributed by atoms with Crippen LogP contribution in [0.1, 0.15) is 20.8 Å². The van der Waals surface area contributed by atoms with Crippen LogP contribution in [-0.2, 0) is 11.3 Å². The molecule has 2 rings (SSSR count). The highest BCUT2D eigenvalue weighted by molar-refractivity contribution is 6.31. The quantitative estimate of drug-likeness (QED) is 0.857. The van der Waals surface area contributed by atoms with E-state index >= 15 is 0 Å². The highest BCUT2D eigenvalue weighted by atomic mass is 35.5. The van der Waals surface area contributed by atoms with E-state index in [1.807, 2.05) is 20.8 Å². The lowest BCUT2D eigenvalue weighted by Gasteiger charge is -2.24. The second-order valence-electron chi connectivity index (χ2n) is 5.13. The van der Waals surface area contributed by atoms with Gasteiger partial charge in [0.25, 0.3) is 0 Å². The molecule has 2 aromatic rings. The zero-order chi connectivity index (χ0) is 14.8. The van der Waals surface area contributed by atoms with E-state index in [9.17, 15) is 0 Å². The van der Waals surface area contributed by atoms with Gasteiger partial charge < -0.3 is 10.5 Å². The van der Waals surface area contributed by atoms with Gasteiger partial charge in [-0.05, 0) is 49.4 Å². The van der Waals surface area contributed by atoms with Crippen LogP contribution in [0.25, 0.3) is 11.4 Å². The van der Waals surface area contributed by atoms with Crippen LogP contribution in [-0.4, -0.2) is 32.4 Å². The molecule has 108 valence electrons. The molecule has 20 heavy (non-hydrogen) atoms. The standard InChI is InChI=1S/C13H18ClN5O/c1-4-20-13(2,3)8-19-12(16-17-18-19)9-5-10(14)7-11(15)6-9/h5-7H,4,8,15H2,1-3H3. The summed E-state index contributed by atoms with van der Waals surface area (Å²) in [6.07, 6.45) is 0. The van der Waals surface area contributed by atoms with Crippen LogP contribution in [0.3, 0.4) is 0 Å². The molecule has 0 radical (unpaired) electrons. The molecule has 1 heterocycles. The van der Waals surface area contributed by atoms with Crippen molar-refractivity contribution in [1.82, 2.24) is 20.2 Å². The number of tetrazole rings is 1. The Labute approximate surface area is 122 Å². The summed E-state index contributed by atoms with van der Waals surface area (Å²) in [4.78, 5) is 0. The molecule has 0 fully saturated rings. The number of nitrogens with zero attached hydrogens (tertiary/aromatic N) is 4. The fourth-order valence-electron chi connectivity index (χ4n) is 2.06. The average Bonchev–Trinajstić information content (AvgIpc) is 2.74. The minimum Gasteiger partial charge on any atom is -0.399 e. The minimum absolute atomic E-state index is 0.358. The molecule has 6 nitrogen and oxygen atoms in total. The number of nitrogen functional groups attached to an aromatic ring is 1. The van der Waals surface area contributed by atoms with Gasteiger partial charge in [-0.3, -0.25) is 0 Å². The van der Waals surface area contributed by atoms with E-state index in [0.717, 1.165) is 5.56 Å². The molecule has 0 aliphatic rings. The van der Waals surface area contributed by atoms with Gasteiger partial charge in [-0.1, -0.05) is 11.6 Å². The SMILES string of the molecule is CCOC(C)(C)Cn1nnnc1-c1cc(N)cc(Cl)c1. The Morgan fingerprint density at radius 2 is 2.10 bits per heavy atom. The van der Waals surface area contributed by atoms with Gasteiger partial charge in [0.05, 0.1) is 12.1 Å². The summed E-state index contributed by atoms with van der Waals surface area (Å²) in [6, 6.07) is 5.26. The molecule has 0 aliphatic heterocycles. The summed E-state index contributed by atoms with van der Waals surface area (Å²) in [5.74, 6) is 0.618. The fourth-order valence-corrected chi connectivity index (χ4v) is 2.30. The van der Waals surface area contributed by atoms with Crippen LogP contribution in [0.15, 0.2) is 18.2 Å². The number of hydrogen-bond donors (Lipinski definition) is 1. The number of nitrogens with two attached hydrogens (primary N) is 1. The Kier molecular flexibility index (Phi) is 4.25. The molecule has 0 saturated carbocycles. The molecule has 0 bridgehead atoms. The normalized spacial score (nSPS) is 11.8. The molecule has 0 spiro atoms. The van der Waals surface area contributed by atoms with Crippen molar-refractivity contribution in [2.75, 3.05) is 12.3 Å². The Morgan fingerprint density at radius 1 is 1.35 bits per heavy atom. The summed E-state index contributed by atoms with van der Waals surface area (Å²) in [5.41, 5.74) is 6.81. The minimum atomic E-state index is -0.358. The monoisotopic (exact) mass is 295 g/mol. The van der Waals surface area contributed by atoms with Gasteiger partial charge in [0.1, 0.15) is 0 Å². The van der Waals surface area contributed by atoms with E-state index in [0.29, 0.717) is 29.7 Å². The molecule has 0 saturated heterocycles. The van der Waals surface area contributed by atoms with E-state index in [1.165, 1.54) is 0 Å². The molecule has 2 N–H and O–H groups in total. The zero-order valence-electron chi connectivity index (χ0n) is 11.8. The summed E-state index contributed by atoms with van der Waals surface area (Å²) >= 11 is 6.02. The largest absolute Gasteiger partial charge is 0.399 e. The van der Waals surface area contributed by atoms with Crippen LogP contribution in [0.5, 0.6) is 0 Å². The number of halogens is 1. The lowest BCUT2D eigenvalue weighted by molar-refractivity contribution is -0.0246. The van der Waals surface area contributed by atoms with E-state index in [-0.39, 0.29) is 5.60 Å². The third-order valence-corrected chi connectivity index (χ3v) is 2.99. The van der Waals surface area contributed by atoms with Gasteiger partial charge in [0.15, 0.2) is 5.82 Å². The van der Waals surface area contributed by atoms with Gasteiger partial charge >= 0.3 is 0 Å². The number of anilines is 1. The van der Waals surface area contributed by atoms with Crippen LogP contribution in [0.4, 0.5) is 5.69 Å². The van der Waals surface area contributed by atoms with Crippen LogP contribution < -0.4 is 5.73 Å². The van der Waals surface area contributed by atoms with E-state index < -0.39 is 0 Å². The molecule has 0 atom stereocenters. The Morgan fingerprint density at radius 3 is 2.75 bits per heavy atom. The molecule has 0 aliphatic carbocycles. The molecule has 7 heteroatoms. The first-order valence-corrected chi connectivity index (χ1v) is 6.75. The van der Waals surface area contributed by atoms with Gasteiger partial charge in [-0.15, -0.1) is 5.10 Å². The van der Waals surface area contributed by atoms with Crippen molar-refractivity contribution in [3.8, 4) is 11.4 Å². The smallest absolute Gasteiger partial charge is 0.182 e. The molecular weight excluding hydrogens is 278 g/mol. The van der Waals surface area contributed by atoms with Crippen LogP contribution >= 0.6 is 11.6 Å². The topological polar surface area (TPSA) is 78.8 Å². The molecule has 1 aromatic heterocycles. The van der Waals surface area contributed by atoms with Crippen molar-refractivity contribution in [2.24, 2.45) is 0 Å². The van der Waals surface area contributed by atoms with E-state index in [4.69, 9.17) is 22.1 Å². The summed E-state index contributed by atoms with van der Waals surface area (Å²) in [6.45, 7) is 7.12. The molecular formula is C13H18ClN5O. The summed E-state index contributed by atoms with van der Waals surface area (Å²) in [5, 5.41) is 12.3. The number of hydrogen-bond acceptors (Lipinski definition) is 5. The Balaban J connectivity index is 2.33. The third-order valence-electron chi connectivity index (χ3n) is 2.78. The van der Waals surface area contributed by atoms with Crippen molar-refractivity contribution in [3.63, 3.8) is 0 Å². The fraction of sp³-hybridized carbons (Fsp3) is 0.462. The summed E-state index contributed by atoms with van der Waals surface area (Å²) < 4.78 is 7.37. The van der Waals surface area contributed by atoms with Crippen molar-refractivity contribution < 1.29 is 4.74 Å². The number of benzene rings is 1.